The number of aryl methyl sites for hydroxylation is 1. The van der Waals surface area contributed by atoms with Crippen LogP contribution in [-0.4, -0.2) is 40.3 Å². The van der Waals surface area contributed by atoms with E-state index in [2.05, 4.69) is 20.5 Å². The van der Waals surface area contributed by atoms with Crippen LogP contribution in [0.5, 0.6) is 0 Å². The molecule has 1 atom stereocenters. The SMILES string of the molecule is CCC(C)(OC)C(=O)NCCCc1ncn[nH]1. The molecule has 1 aromatic rings. The normalized spacial score (nSPS) is 14.3. The average Bonchev–Trinajstić information content (AvgIpc) is 2.86. The molecule has 1 rings (SSSR count). The summed E-state index contributed by atoms with van der Waals surface area (Å²) in [6.45, 7) is 4.33. The zero-order valence-electron chi connectivity index (χ0n) is 10.6. The van der Waals surface area contributed by atoms with Gasteiger partial charge in [-0.15, -0.1) is 0 Å². The van der Waals surface area contributed by atoms with Crippen LogP contribution < -0.4 is 5.32 Å². The first-order valence-corrected chi connectivity index (χ1v) is 5.80. The van der Waals surface area contributed by atoms with Crippen LogP contribution >= 0.6 is 0 Å². The molecule has 0 spiro atoms. The molecule has 6 heteroatoms. The smallest absolute Gasteiger partial charge is 0.251 e. The van der Waals surface area contributed by atoms with E-state index in [0.29, 0.717) is 13.0 Å². The fraction of sp³-hybridized carbons (Fsp3) is 0.727. The van der Waals surface area contributed by atoms with Gasteiger partial charge in [-0.25, -0.2) is 4.98 Å². The highest BCUT2D eigenvalue weighted by molar-refractivity contribution is 5.84. The molecule has 17 heavy (non-hydrogen) atoms. The molecule has 0 saturated heterocycles. The molecule has 0 radical (unpaired) electrons. The third-order valence-corrected chi connectivity index (χ3v) is 2.95. The summed E-state index contributed by atoms with van der Waals surface area (Å²) in [5.74, 6) is 0.768. The number of aromatic nitrogens is 3. The van der Waals surface area contributed by atoms with Crippen molar-refractivity contribution in [3.05, 3.63) is 12.2 Å². The third-order valence-electron chi connectivity index (χ3n) is 2.95. The van der Waals surface area contributed by atoms with Crippen molar-refractivity contribution >= 4 is 5.91 Å². The zero-order chi connectivity index (χ0) is 12.7. The van der Waals surface area contributed by atoms with E-state index >= 15 is 0 Å². The van der Waals surface area contributed by atoms with Crippen molar-refractivity contribution in [2.75, 3.05) is 13.7 Å². The van der Waals surface area contributed by atoms with Crippen molar-refractivity contribution in [1.82, 2.24) is 20.5 Å². The molecule has 0 fully saturated rings. The molecule has 0 aliphatic heterocycles. The molecule has 0 aliphatic rings. The zero-order valence-corrected chi connectivity index (χ0v) is 10.6. The van der Waals surface area contributed by atoms with Crippen LogP contribution in [0.15, 0.2) is 6.33 Å². The summed E-state index contributed by atoms with van der Waals surface area (Å²) >= 11 is 0. The summed E-state index contributed by atoms with van der Waals surface area (Å²) in [5, 5.41) is 9.40. The number of ether oxygens (including phenoxy) is 1. The van der Waals surface area contributed by atoms with Gasteiger partial charge in [0.15, 0.2) is 0 Å². The van der Waals surface area contributed by atoms with Crippen LogP contribution in [0.4, 0.5) is 0 Å². The lowest BCUT2D eigenvalue weighted by atomic mass is 10.0. The molecule has 96 valence electrons. The highest BCUT2D eigenvalue weighted by atomic mass is 16.5. The summed E-state index contributed by atoms with van der Waals surface area (Å²) in [6, 6.07) is 0. The minimum atomic E-state index is -0.730. The van der Waals surface area contributed by atoms with Gasteiger partial charge >= 0.3 is 0 Å². The Bertz CT molecular complexity index is 333. The van der Waals surface area contributed by atoms with E-state index in [9.17, 15) is 4.79 Å². The molecule has 1 heterocycles. The van der Waals surface area contributed by atoms with Gasteiger partial charge in [0.25, 0.3) is 5.91 Å². The number of carbonyl (C=O) groups is 1. The Morgan fingerprint density at radius 3 is 2.94 bits per heavy atom. The first-order chi connectivity index (χ1) is 8.12. The molecule has 0 saturated carbocycles. The first kappa shape index (κ1) is 13.6. The molecule has 2 N–H and O–H groups in total. The second-order valence-corrected chi connectivity index (χ2v) is 4.08. The highest BCUT2D eigenvalue weighted by Crippen LogP contribution is 2.13. The fourth-order valence-electron chi connectivity index (χ4n) is 1.39. The van der Waals surface area contributed by atoms with Gasteiger partial charge in [0.1, 0.15) is 17.8 Å². The largest absolute Gasteiger partial charge is 0.369 e. The lowest BCUT2D eigenvalue weighted by Gasteiger charge is -2.25. The maximum Gasteiger partial charge on any atom is 0.251 e. The number of carbonyl (C=O) groups excluding carboxylic acids is 1. The van der Waals surface area contributed by atoms with Crippen LogP contribution in [-0.2, 0) is 16.0 Å². The molecule has 6 nitrogen and oxygen atoms in total. The van der Waals surface area contributed by atoms with Crippen LogP contribution in [0, 0.1) is 0 Å². The molecule has 0 aromatic carbocycles. The molecular weight excluding hydrogens is 220 g/mol. The van der Waals surface area contributed by atoms with Crippen molar-refractivity contribution in [3.63, 3.8) is 0 Å². The quantitative estimate of drug-likeness (QED) is 0.686. The molecule has 1 aromatic heterocycles. The van der Waals surface area contributed by atoms with E-state index in [1.165, 1.54) is 6.33 Å². The third kappa shape index (κ3) is 3.81. The van der Waals surface area contributed by atoms with E-state index in [1.54, 1.807) is 14.0 Å². The second-order valence-electron chi connectivity index (χ2n) is 4.08. The van der Waals surface area contributed by atoms with Gasteiger partial charge in [0.05, 0.1) is 0 Å². The van der Waals surface area contributed by atoms with Crippen LogP contribution in [0.25, 0.3) is 0 Å². The van der Waals surface area contributed by atoms with E-state index in [0.717, 1.165) is 18.7 Å². The number of nitrogens with one attached hydrogen (secondary N) is 2. The summed E-state index contributed by atoms with van der Waals surface area (Å²) < 4.78 is 5.21. The van der Waals surface area contributed by atoms with Crippen molar-refractivity contribution in [1.29, 1.82) is 0 Å². The van der Waals surface area contributed by atoms with Crippen molar-refractivity contribution in [3.8, 4) is 0 Å². The average molecular weight is 240 g/mol. The summed E-state index contributed by atoms with van der Waals surface area (Å²) in [7, 11) is 1.55. The van der Waals surface area contributed by atoms with Gasteiger partial charge in [-0.2, -0.15) is 5.10 Å². The highest BCUT2D eigenvalue weighted by Gasteiger charge is 2.30. The molecule has 0 bridgehead atoms. The van der Waals surface area contributed by atoms with E-state index in [1.807, 2.05) is 6.92 Å². The lowest BCUT2D eigenvalue weighted by Crippen LogP contribution is -2.45. The van der Waals surface area contributed by atoms with Crippen LogP contribution in [0.3, 0.4) is 0 Å². The number of hydrogen-bond donors (Lipinski definition) is 2. The van der Waals surface area contributed by atoms with Crippen LogP contribution in [0.1, 0.15) is 32.5 Å². The van der Waals surface area contributed by atoms with Gasteiger partial charge in [0, 0.05) is 20.1 Å². The minimum Gasteiger partial charge on any atom is -0.369 e. The number of amides is 1. The predicted octanol–water partition coefficient (Wildman–Crippen LogP) is 0.669. The fourth-order valence-corrected chi connectivity index (χ4v) is 1.39. The minimum absolute atomic E-state index is 0.0694. The van der Waals surface area contributed by atoms with Gasteiger partial charge < -0.3 is 10.1 Å². The topological polar surface area (TPSA) is 79.9 Å². The monoisotopic (exact) mass is 240 g/mol. The van der Waals surface area contributed by atoms with Crippen LogP contribution in [0.2, 0.25) is 0 Å². The maximum atomic E-state index is 11.8. The number of hydrogen-bond acceptors (Lipinski definition) is 4. The van der Waals surface area contributed by atoms with Crippen molar-refractivity contribution in [2.45, 2.75) is 38.7 Å². The Morgan fingerprint density at radius 2 is 2.41 bits per heavy atom. The lowest BCUT2D eigenvalue weighted by molar-refractivity contribution is -0.141. The maximum absolute atomic E-state index is 11.8. The number of rotatable bonds is 7. The molecule has 0 aliphatic carbocycles. The second kappa shape index (κ2) is 6.34. The molecular formula is C11H20N4O2. The van der Waals surface area contributed by atoms with Crippen molar-refractivity contribution < 1.29 is 9.53 Å². The van der Waals surface area contributed by atoms with E-state index in [-0.39, 0.29) is 5.91 Å². The Kier molecular flexibility index (Phi) is 5.09. The van der Waals surface area contributed by atoms with E-state index in [4.69, 9.17) is 4.74 Å². The Balaban J connectivity index is 2.24. The summed E-state index contributed by atoms with van der Waals surface area (Å²) in [6.07, 6.45) is 3.73. The van der Waals surface area contributed by atoms with Gasteiger partial charge in [-0.05, 0) is 19.8 Å². The number of nitrogens with zero attached hydrogens (tertiary/aromatic N) is 2. The Morgan fingerprint density at radius 1 is 1.65 bits per heavy atom. The first-order valence-electron chi connectivity index (χ1n) is 5.80. The number of H-pyrrole nitrogens is 1. The molecule has 1 unspecified atom stereocenters. The predicted molar refractivity (Wildman–Crippen MR) is 63.4 cm³/mol. The van der Waals surface area contributed by atoms with Crippen molar-refractivity contribution in [2.24, 2.45) is 0 Å². The van der Waals surface area contributed by atoms with Gasteiger partial charge in [-0.1, -0.05) is 6.92 Å². The number of methoxy groups -OCH3 is 1. The number of aromatic amines is 1. The standard InChI is InChI=1S/C11H20N4O2/c1-4-11(2,17-3)10(16)12-7-5-6-9-13-8-14-15-9/h8H,4-7H2,1-3H3,(H,12,16)(H,13,14,15). The summed E-state index contributed by atoms with van der Waals surface area (Å²) in [4.78, 5) is 15.8. The van der Waals surface area contributed by atoms with Gasteiger partial charge in [-0.3, -0.25) is 9.89 Å². The van der Waals surface area contributed by atoms with E-state index < -0.39 is 5.60 Å². The Labute approximate surface area is 101 Å². The Hall–Kier alpha value is -1.43. The summed E-state index contributed by atoms with van der Waals surface area (Å²) in [5.41, 5.74) is -0.730. The van der Waals surface area contributed by atoms with Gasteiger partial charge in [0.2, 0.25) is 0 Å². The molecule has 1 amide bonds.